The molecule has 0 aliphatic carbocycles. The summed E-state index contributed by atoms with van der Waals surface area (Å²) >= 11 is 0. The van der Waals surface area contributed by atoms with Crippen LogP contribution in [0, 0.1) is 0 Å². The maximum absolute atomic E-state index is 11.4. The molecular weight excluding hydrogens is 242 g/mol. The van der Waals surface area contributed by atoms with Gasteiger partial charge >= 0.3 is 0 Å². The van der Waals surface area contributed by atoms with Crippen LogP contribution in [-0.2, 0) is 9.84 Å². The second kappa shape index (κ2) is 4.54. The molecule has 0 radical (unpaired) electrons. The lowest BCUT2D eigenvalue weighted by Crippen LogP contribution is -2.31. The van der Waals surface area contributed by atoms with Gasteiger partial charge in [-0.25, -0.2) is 8.42 Å². The highest BCUT2D eigenvalue weighted by Crippen LogP contribution is 2.26. The number of rotatable bonds is 3. The summed E-state index contributed by atoms with van der Waals surface area (Å²) in [6, 6.07) is 6.73. The van der Waals surface area contributed by atoms with Gasteiger partial charge in [0.05, 0.1) is 36.4 Å². The summed E-state index contributed by atoms with van der Waals surface area (Å²) in [5.41, 5.74) is 0.691. The van der Waals surface area contributed by atoms with E-state index in [4.69, 9.17) is 4.74 Å². The molecule has 1 aliphatic rings. The minimum atomic E-state index is -3.14. The number of para-hydroxylation sites is 2. The van der Waals surface area contributed by atoms with Crippen LogP contribution < -0.4 is 10.1 Å². The number of anilines is 1. The monoisotopic (exact) mass is 257 g/mol. The van der Waals surface area contributed by atoms with Crippen molar-refractivity contribution in [3.05, 3.63) is 24.3 Å². The fraction of sp³-hybridized carbons (Fsp3) is 0.455. The van der Waals surface area contributed by atoms with E-state index in [2.05, 4.69) is 5.32 Å². The second-order valence-electron chi connectivity index (χ2n) is 4.10. The van der Waals surface area contributed by atoms with Gasteiger partial charge in [0.2, 0.25) is 0 Å². The van der Waals surface area contributed by atoms with Crippen LogP contribution in [0.1, 0.15) is 0 Å². The number of methoxy groups -OCH3 is 1. The van der Waals surface area contributed by atoms with Crippen molar-refractivity contribution in [2.45, 2.75) is 12.1 Å². The Balaban J connectivity index is 2.16. The number of sulfone groups is 1. The molecule has 0 aromatic heterocycles. The number of aliphatic hydroxyl groups excluding tert-OH is 1. The van der Waals surface area contributed by atoms with Crippen LogP contribution in [0.2, 0.25) is 0 Å². The van der Waals surface area contributed by atoms with Gasteiger partial charge in [-0.15, -0.1) is 0 Å². The lowest BCUT2D eigenvalue weighted by atomic mass is 10.2. The molecule has 1 aromatic carbocycles. The summed E-state index contributed by atoms with van der Waals surface area (Å²) in [5, 5.41) is 12.7. The van der Waals surface area contributed by atoms with Crippen molar-refractivity contribution in [1.29, 1.82) is 0 Å². The van der Waals surface area contributed by atoms with Crippen molar-refractivity contribution in [2.24, 2.45) is 0 Å². The first-order valence-corrected chi connectivity index (χ1v) is 7.12. The summed E-state index contributed by atoms with van der Waals surface area (Å²) in [7, 11) is -1.59. The standard InChI is InChI=1S/C11H15NO4S/c1-16-11-5-3-2-4-8(11)12-9-6-17(14,15)7-10(9)13/h2-5,9-10,12-13H,6-7H2,1H3/t9-,10+/m0/s1. The molecule has 0 amide bonds. The van der Waals surface area contributed by atoms with Gasteiger partial charge in [0, 0.05) is 0 Å². The maximum Gasteiger partial charge on any atom is 0.155 e. The SMILES string of the molecule is COc1ccccc1N[C@H]1CS(=O)(=O)C[C@H]1O. The van der Waals surface area contributed by atoms with E-state index in [0.717, 1.165) is 0 Å². The van der Waals surface area contributed by atoms with Crippen molar-refractivity contribution in [2.75, 3.05) is 23.9 Å². The molecule has 0 saturated carbocycles. The minimum Gasteiger partial charge on any atom is -0.495 e. The number of nitrogens with one attached hydrogen (secondary N) is 1. The zero-order chi connectivity index (χ0) is 12.5. The molecule has 1 aliphatic heterocycles. The molecule has 2 rings (SSSR count). The van der Waals surface area contributed by atoms with Crippen molar-refractivity contribution in [1.82, 2.24) is 0 Å². The molecule has 94 valence electrons. The summed E-state index contributed by atoms with van der Waals surface area (Å²) in [6.45, 7) is 0. The zero-order valence-corrected chi connectivity index (χ0v) is 10.3. The highest BCUT2D eigenvalue weighted by Gasteiger charge is 2.36. The van der Waals surface area contributed by atoms with E-state index < -0.39 is 22.0 Å². The average Bonchev–Trinajstić information content (AvgIpc) is 2.52. The van der Waals surface area contributed by atoms with Crippen LogP contribution in [-0.4, -0.2) is 44.3 Å². The molecule has 1 fully saturated rings. The highest BCUT2D eigenvalue weighted by atomic mass is 32.2. The molecule has 1 aromatic rings. The molecule has 5 nitrogen and oxygen atoms in total. The van der Waals surface area contributed by atoms with Gasteiger partial charge in [0.1, 0.15) is 5.75 Å². The molecule has 2 N–H and O–H groups in total. The molecule has 6 heteroatoms. The topological polar surface area (TPSA) is 75.6 Å². The molecule has 17 heavy (non-hydrogen) atoms. The first kappa shape index (κ1) is 12.2. The average molecular weight is 257 g/mol. The third kappa shape index (κ3) is 2.70. The Morgan fingerprint density at radius 2 is 2.06 bits per heavy atom. The van der Waals surface area contributed by atoms with Gasteiger partial charge in [0.25, 0.3) is 0 Å². The first-order valence-electron chi connectivity index (χ1n) is 5.30. The molecule has 1 saturated heterocycles. The summed E-state index contributed by atoms with van der Waals surface area (Å²) in [4.78, 5) is 0. The Morgan fingerprint density at radius 3 is 2.65 bits per heavy atom. The molecule has 0 bridgehead atoms. The van der Waals surface area contributed by atoms with Gasteiger partial charge in [-0.05, 0) is 12.1 Å². The van der Waals surface area contributed by atoms with Crippen LogP contribution in [0.4, 0.5) is 5.69 Å². The number of aliphatic hydroxyl groups is 1. The van der Waals surface area contributed by atoms with Gasteiger partial charge in [-0.2, -0.15) is 0 Å². The summed E-state index contributed by atoms with van der Waals surface area (Å²) < 4.78 is 27.9. The fourth-order valence-electron chi connectivity index (χ4n) is 1.93. The predicted molar refractivity (Wildman–Crippen MR) is 65.1 cm³/mol. The Labute approximate surface area is 100 Å². The first-order chi connectivity index (χ1) is 8.02. The Kier molecular flexibility index (Phi) is 3.26. The van der Waals surface area contributed by atoms with Gasteiger partial charge in [-0.3, -0.25) is 0 Å². The summed E-state index contributed by atoms with van der Waals surface area (Å²) in [5.74, 6) is 0.399. The quantitative estimate of drug-likeness (QED) is 0.812. The summed E-state index contributed by atoms with van der Waals surface area (Å²) in [6.07, 6.45) is -0.870. The lowest BCUT2D eigenvalue weighted by molar-refractivity contribution is 0.190. The largest absolute Gasteiger partial charge is 0.495 e. The van der Waals surface area contributed by atoms with E-state index in [0.29, 0.717) is 11.4 Å². The van der Waals surface area contributed by atoms with Crippen LogP contribution in [0.25, 0.3) is 0 Å². The predicted octanol–water partition coefficient (Wildman–Crippen LogP) is 0.265. The Hall–Kier alpha value is -1.27. The van der Waals surface area contributed by atoms with Gasteiger partial charge < -0.3 is 15.2 Å². The fourth-order valence-corrected chi connectivity index (χ4v) is 3.67. The number of benzene rings is 1. The van der Waals surface area contributed by atoms with Crippen LogP contribution >= 0.6 is 0 Å². The number of hydrogen-bond donors (Lipinski definition) is 2. The Morgan fingerprint density at radius 1 is 1.35 bits per heavy atom. The zero-order valence-electron chi connectivity index (χ0n) is 9.46. The second-order valence-corrected chi connectivity index (χ2v) is 6.25. The van der Waals surface area contributed by atoms with Crippen molar-refractivity contribution >= 4 is 15.5 Å². The van der Waals surface area contributed by atoms with Crippen molar-refractivity contribution < 1.29 is 18.3 Å². The molecule has 2 atom stereocenters. The third-order valence-corrected chi connectivity index (χ3v) is 4.49. The van der Waals surface area contributed by atoms with Crippen molar-refractivity contribution in [3.63, 3.8) is 0 Å². The van der Waals surface area contributed by atoms with E-state index in [1.165, 1.54) is 0 Å². The van der Waals surface area contributed by atoms with E-state index >= 15 is 0 Å². The number of ether oxygens (including phenoxy) is 1. The smallest absolute Gasteiger partial charge is 0.155 e. The van der Waals surface area contributed by atoms with E-state index in [9.17, 15) is 13.5 Å². The van der Waals surface area contributed by atoms with E-state index in [1.54, 1.807) is 19.2 Å². The van der Waals surface area contributed by atoms with Gasteiger partial charge in [0.15, 0.2) is 9.84 Å². The lowest BCUT2D eigenvalue weighted by Gasteiger charge is -2.18. The van der Waals surface area contributed by atoms with Crippen LogP contribution in [0.3, 0.4) is 0 Å². The molecule has 0 unspecified atom stereocenters. The maximum atomic E-state index is 11.4. The Bertz CT molecular complexity index is 500. The molecule has 1 heterocycles. The van der Waals surface area contributed by atoms with Crippen LogP contribution in [0.15, 0.2) is 24.3 Å². The molecule has 0 spiro atoms. The van der Waals surface area contributed by atoms with E-state index in [-0.39, 0.29) is 11.5 Å². The normalized spacial score (nSPS) is 26.7. The number of hydrogen-bond acceptors (Lipinski definition) is 5. The molecular formula is C11H15NO4S. The third-order valence-electron chi connectivity index (χ3n) is 2.77. The van der Waals surface area contributed by atoms with E-state index in [1.807, 2.05) is 12.1 Å². The minimum absolute atomic E-state index is 0.0494. The van der Waals surface area contributed by atoms with Gasteiger partial charge in [-0.1, -0.05) is 12.1 Å². The van der Waals surface area contributed by atoms with Crippen LogP contribution in [0.5, 0.6) is 5.75 Å². The van der Waals surface area contributed by atoms with Crippen molar-refractivity contribution in [3.8, 4) is 5.75 Å². The highest BCUT2D eigenvalue weighted by molar-refractivity contribution is 7.91.